The molecule has 1 aliphatic rings. The maximum atomic E-state index is 12.2. The first-order valence-corrected chi connectivity index (χ1v) is 10.0. The second-order valence-corrected chi connectivity index (χ2v) is 7.43. The van der Waals surface area contributed by atoms with Crippen LogP contribution in [-0.2, 0) is 25.7 Å². The van der Waals surface area contributed by atoms with Gasteiger partial charge in [0.1, 0.15) is 0 Å². The monoisotopic (exact) mass is 398 g/mol. The lowest BCUT2D eigenvalue weighted by atomic mass is 10.1. The van der Waals surface area contributed by atoms with Crippen LogP contribution in [0.3, 0.4) is 0 Å². The Balaban J connectivity index is 1.43. The van der Waals surface area contributed by atoms with Gasteiger partial charge in [-0.25, -0.2) is 0 Å². The minimum atomic E-state index is -0.505. The Bertz CT molecular complexity index is 884. The Hall–Kier alpha value is -2.80. The zero-order valence-electron chi connectivity index (χ0n) is 15.6. The Morgan fingerprint density at radius 2 is 1.89 bits per heavy atom. The highest BCUT2D eigenvalue weighted by Gasteiger charge is 2.24. The van der Waals surface area contributed by atoms with Gasteiger partial charge in [-0.05, 0) is 30.2 Å². The van der Waals surface area contributed by atoms with E-state index in [9.17, 15) is 14.4 Å². The highest BCUT2D eigenvalue weighted by atomic mass is 32.2. The summed E-state index contributed by atoms with van der Waals surface area (Å²) in [5.41, 5.74) is 2.92. The number of carbonyl (C=O) groups excluding carboxylic acids is 3. The average molecular weight is 398 g/mol. The van der Waals surface area contributed by atoms with Gasteiger partial charge in [0, 0.05) is 18.0 Å². The Morgan fingerprint density at radius 3 is 2.71 bits per heavy atom. The fourth-order valence-corrected chi connectivity index (χ4v) is 3.81. The smallest absolute Gasteiger partial charge is 0.308 e. The van der Waals surface area contributed by atoms with E-state index in [1.807, 2.05) is 55.5 Å². The molecule has 7 heteroatoms. The van der Waals surface area contributed by atoms with Gasteiger partial charge in [-0.15, -0.1) is 11.8 Å². The molecule has 0 unspecified atom stereocenters. The lowest BCUT2D eigenvalue weighted by molar-refractivity contribution is -0.148. The van der Waals surface area contributed by atoms with E-state index in [0.717, 1.165) is 21.7 Å². The van der Waals surface area contributed by atoms with E-state index < -0.39 is 5.97 Å². The Labute approximate surface area is 168 Å². The van der Waals surface area contributed by atoms with Crippen molar-refractivity contribution in [3.8, 4) is 0 Å². The van der Waals surface area contributed by atoms with Crippen molar-refractivity contribution in [1.29, 1.82) is 0 Å². The normalized spacial score (nSPS) is 13.0. The molecule has 1 heterocycles. The van der Waals surface area contributed by atoms with Gasteiger partial charge >= 0.3 is 5.97 Å². The van der Waals surface area contributed by atoms with E-state index in [-0.39, 0.29) is 31.4 Å². The van der Waals surface area contributed by atoms with Crippen LogP contribution in [0.5, 0.6) is 0 Å². The first kappa shape index (κ1) is 19.9. The highest BCUT2D eigenvalue weighted by molar-refractivity contribution is 8.00. The van der Waals surface area contributed by atoms with E-state index in [1.165, 1.54) is 11.8 Å². The van der Waals surface area contributed by atoms with Crippen molar-refractivity contribution >= 4 is 35.2 Å². The lowest BCUT2D eigenvalue weighted by Gasteiger charge is -2.28. The van der Waals surface area contributed by atoms with Crippen LogP contribution in [0, 0.1) is 6.92 Å². The summed E-state index contributed by atoms with van der Waals surface area (Å²) >= 11 is 1.49. The summed E-state index contributed by atoms with van der Waals surface area (Å²) in [6, 6.07) is 15.4. The summed E-state index contributed by atoms with van der Waals surface area (Å²) in [5, 5.41) is 2.74. The molecule has 146 valence electrons. The molecular formula is C21H22N2O4S. The second-order valence-electron chi connectivity index (χ2n) is 6.42. The molecule has 1 N–H and O–H groups in total. The van der Waals surface area contributed by atoms with Gasteiger partial charge in [0.15, 0.2) is 6.61 Å². The number of nitrogens with zero attached hydrogens (tertiary/aromatic N) is 1. The average Bonchev–Trinajstić information content (AvgIpc) is 2.71. The van der Waals surface area contributed by atoms with Gasteiger partial charge in [-0.2, -0.15) is 0 Å². The van der Waals surface area contributed by atoms with Crippen molar-refractivity contribution in [2.45, 2.75) is 24.8 Å². The van der Waals surface area contributed by atoms with Gasteiger partial charge in [0.25, 0.3) is 5.91 Å². The van der Waals surface area contributed by atoms with E-state index in [0.29, 0.717) is 12.3 Å². The van der Waals surface area contributed by atoms with E-state index >= 15 is 0 Å². The van der Waals surface area contributed by atoms with E-state index in [1.54, 1.807) is 4.90 Å². The largest absolute Gasteiger partial charge is 0.456 e. The van der Waals surface area contributed by atoms with Gasteiger partial charge in [-0.1, -0.05) is 36.4 Å². The summed E-state index contributed by atoms with van der Waals surface area (Å²) in [6.07, 6.45) is 0.0375. The van der Waals surface area contributed by atoms with Crippen LogP contribution in [0.4, 0.5) is 5.69 Å². The molecule has 0 atom stereocenters. The van der Waals surface area contributed by atoms with Crippen LogP contribution in [-0.4, -0.2) is 36.7 Å². The standard InChI is InChI=1S/C21H22N2O4S/c1-15-6-2-3-7-16(15)12-22-19(24)13-27-21(26)10-11-23-17-8-4-5-9-18(17)28-14-20(23)25/h2-9H,10-14H2,1H3,(H,22,24). The second kappa shape index (κ2) is 9.41. The number of para-hydroxylation sites is 1. The number of rotatable bonds is 7. The molecule has 0 saturated carbocycles. The van der Waals surface area contributed by atoms with Crippen molar-refractivity contribution < 1.29 is 19.1 Å². The van der Waals surface area contributed by atoms with Crippen molar-refractivity contribution in [3.05, 3.63) is 59.7 Å². The third kappa shape index (κ3) is 5.13. The van der Waals surface area contributed by atoms with Gasteiger partial charge < -0.3 is 15.0 Å². The third-order valence-electron chi connectivity index (χ3n) is 4.45. The number of thioether (sulfide) groups is 1. The number of ether oxygens (including phenoxy) is 1. The maximum Gasteiger partial charge on any atom is 0.308 e. The molecule has 0 spiro atoms. The van der Waals surface area contributed by atoms with Gasteiger partial charge in [0.05, 0.1) is 17.9 Å². The van der Waals surface area contributed by atoms with Gasteiger partial charge in [-0.3, -0.25) is 14.4 Å². The molecule has 0 bridgehead atoms. The van der Waals surface area contributed by atoms with Gasteiger partial charge in [0.2, 0.25) is 5.91 Å². The number of aryl methyl sites for hydroxylation is 1. The molecule has 0 aromatic heterocycles. The van der Waals surface area contributed by atoms with Crippen molar-refractivity contribution in [1.82, 2.24) is 5.32 Å². The number of hydrogen-bond donors (Lipinski definition) is 1. The highest BCUT2D eigenvalue weighted by Crippen LogP contribution is 2.34. The number of fused-ring (bicyclic) bond motifs is 1. The molecule has 28 heavy (non-hydrogen) atoms. The predicted molar refractivity (Wildman–Crippen MR) is 108 cm³/mol. The number of hydrogen-bond acceptors (Lipinski definition) is 5. The van der Waals surface area contributed by atoms with Crippen molar-refractivity contribution in [2.24, 2.45) is 0 Å². The topological polar surface area (TPSA) is 75.7 Å². The maximum absolute atomic E-state index is 12.2. The molecule has 2 aromatic rings. The quantitative estimate of drug-likeness (QED) is 0.726. The first-order chi connectivity index (χ1) is 13.5. The molecule has 0 aliphatic carbocycles. The van der Waals surface area contributed by atoms with E-state index in [2.05, 4.69) is 5.32 Å². The third-order valence-corrected chi connectivity index (χ3v) is 5.50. The molecule has 6 nitrogen and oxygen atoms in total. The van der Waals surface area contributed by atoms with Crippen LogP contribution in [0.15, 0.2) is 53.4 Å². The zero-order chi connectivity index (χ0) is 19.9. The summed E-state index contributed by atoms with van der Waals surface area (Å²) < 4.78 is 5.04. The lowest BCUT2D eigenvalue weighted by Crippen LogP contribution is -2.37. The number of benzene rings is 2. The number of nitrogens with one attached hydrogen (secondary N) is 1. The molecule has 0 radical (unpaired) electrons. The summed E-state index contributed by atoms with van der Waals surface area (Å²) in [5.74, 6) is -0.540. The number of amides is 2. The zero-order valence-corrected chi connectivity index (χ0v) is 16.5. The van der Waals surface area contributed by atoms with Crippen molar-refractivity contribution in [2.75, 3.05) is 23.8 Å². The molecular weight excluding hydrogens is 376 g/mol. The minimum Gasteiger partial charge on any atom is -0.456 e. The molecule has 1 aliphatic heterocycles. The molecule has 0 saturated heterocycles. The van der Waals surface area contributed by atoms with Crippen molar-refractivity contribution in [3.63, 3.8) is 0 Å². The first-order valence-electron chi connectivity index (χ1n) is 9.03. The van der Waals surface area contributed by atoms with E-state index in [4.69, 9.17) is 4.74 Å². The van der Waals surface area contributed by atoms with Crippen LogP contribution < -0.4 is 10.2 Å². The molecule has 3 rings (SSSR count). The fourth-order valence-electron chi connectivity index (χ4n) is 2.87. The molecule has 0 fully saturated rings. The number of anilines is 1. The summed E-state index contributed by atoms with van der Waals surface area (Å²) in [6.45, 7) is 2.27. The molecule has 2 aromatic carbocycles. The Morgan fingerprint density at radius 1 is 1.14 bits per heavy atom. The SMILES string of the molecule is Cc1ccccc1CNC(=O)COC(=O)CCN1C(=O)CSc2ccccc21. The van der Waals surface area contributed by atoms with Crippen LogP contribution >= 0.6 is 11.8 Å². The Kier molecular flexibility index (Phi) is 6.71. The van der Waals surface area contributed by atoms with Crippen LogP contribution in [0.25, 0.3) is 0 Å². The van der Waals surface area contributed by atoms with Crippen LogP contribution in [0.1, 0.15) is 17.5 Å². The number of carbonyl (C=O) groups is 3. The number of esters is 1. The molecule has 2 amide bonds. The predicted octanol–water partition coefficient (Wildman–Crippen LogP) is 2.68. The minimum absolute atomic E-state index is 0.0347. The summed E-state index contributed by atoms with van der Waals surface area (Å²) in [7, 11) is 0. The summed E-state index contributed by atoms with van der Waals surface area (Å²) in [4.78, 5) is 38.7. The van der Waals surface area contributed by atoms with Crippen LogP contribution in [0.2, 0.25) is 0 Å². The fraction of sp³-hybridized carbons (Fsp3) is 0.286.